The Kier molecular flexibility index (Phi) is 6.37. The van der Waals surface area contributed by atoms with Gasteiger partial charge in [0.25, 0.3) is 0 Å². The van der Waals surface area contributed by atoms with Crippen LogP contribution >= 0.6 is 15.9 Å². The van der Waals surface area contributed by atoms with Crippen LogP contribution in [0.2, 0.25) is 0 Å². The third-order valence-corrected chi connectivity index (χ3v) is 5.17. The van der Waals surface area contributed by atoms with Crippen molar-refractivity contribution in [1.29, 1.82) is 0 Å². The molecule has 4 rings (SSSR count). The lowest BCUT2D eigenvalue weighted by Crippen LogP contribution is -2.06. The zero-order chi connectivity index (χ0) is 22.5. The van der Waals surface area contributed by atoms with E-state index in [0.29, 0.717) is 15.6 Å². The Morgan fingerprint density at radius 1 is 0.969 bits per heavy atom. The van der Waals surface area contributed by atoms with Crippen molar-refractivity contribution in [3.8, 4) is 23.0 Å². The van der Waals surface area contributed by atoms with E-state index < -0.39 is 5.97 Å². The Labute approximate surface area is 191 Å². The number of methoxy groups -OCH3 is 1. The molecule has 0 aliphatic rings. The van der Waals surface area contributed by atoms with Gasteiger partial charge in [-0.25, -0.2) is 4.79 Å². The van der Waals surface area contributed by atoms with Gasteiger partial charge in [-0.15, -0.1) is 0 Å². The SMILES string of the molecule is COc1ccc(C=CC(=O)Oc2ccc3c(=O)c(Oc4ccccc4Br)coc3c2)cc1. The zero-order valence-electron chi connectivity index (χ0n) is 16.9. The maximum Gasteiger partial charge on any atom is 0.336 e. The van der Waals surface area contributed by atoms with Gasteiger partial charge >= 0.3 is 5.97 Å². The molecule has 6 nitrogen and oxygen atoms in total. The van der Waals surface area contributed by atoms with Gasteiger partial charge < -0.3 is 18.6 Å². The van der Waals surface area contributed by atoms with Crippen molar-refractivity contribution >= 4 is 38.9 Å². The first kappa shape index (κ1) is 21.4. The molecule has 1 heterocycles. The number of halogens is 1. The van der Waals surface area contributed by atoms with Gasteiger partial charge in [-0.05, 0) is 64.0 Å². The first-order valence-corrected chi connectivity index (χ1v) is 10.3. The van der Waals surface area contributed by atoms with Crippen molar-refractivity contribution < 1.29 is 23.4 Å². The van der Waals surface area contributed by atoms with E-state index in [2.05, 4.69) is 15.9 Å². The number of hydrogen-bond donors (Lipinski definition) is 0. The average molecular weight is 493 g/mol. The highest BCUT2D eigenvalue weighted by molar-refractivity contribution is 9.10. The Morgan fingerprint density at radius 3 is 2.47 bits per heavy atom. The van der Waals surface area contributed by atoms with E-state index in [0.717, 1.165) is 11.3 Å². The zero-order valence-corrected chi connectivity index (χ0v) is 18.5. The smallest absolute Gasteiger partial charge is 0.336 e. The minimum atomic E-state index is -0.559. The highest BCUT2D eigenvalue weighted by Gasteiger charge is 2.12. The number of benzene rings is 3. The topological polar surface area (TPSA) is 75.0 Å². The van der Waals surface area contributed by atoms with E-state index >= 15 is 0 Å². The molecule has 0 aliphatic carbocycles. The fraction of sp³-hybridized carbons (Fsp3) is 0.0400. The summed E-state index contributed by atoms with van der Waals surface area (Å²) in [4.78, 5) is 24.9. The highest BCUT2D eigenvalue weighted by Crippen LogP contribution is 2.29. The second-order valence-corrected chi connectivity index (χ2v) is 7.50. The number of ether oxygens (including phenoxy) is 3. The average Bonchev–Trinajstić information content (AvgIpc) is 2.81. The van der Waals surface area contributed by atoms with Crippen LogP contribution in [0.5, 0.6) is 23.0 Å². The number of rotatable bonds is 6. The first-order chi connectivity index (χ1) is 15.5. The number of carbonyl (C=O) groups excluding carboxylic acids is 1. The molecule has 0 aliphatic heterocycles. The molecule has 0 saturated heterocycles. The van der Waals surface area contributed by atoms with Crippen LogP contribution in [-0.2, 0) is 4.79 Å². The Morgan fingerprint density at radius 2 is 1.72 bits per heavy atom. The molecule has 0 bridgehead atoms. The molecule has 3 aromatic carbocycles. The number of fused-ring (bicyclic) bond motifs is 1. The molecule has 0 fully saturated rings. The highest BCUT2D eigenvalue weighted by atomic mass is 79.9. The van der Waals surface area contributed by atoms with Crippen molar-refractivity contribution in [3.05, 3.63) is 99.3 Å². The van der Waals surface area contributed by atoms with Gasteiger partial charge in [-0.1, -0.05) is 24.3 Å². The third kappa shape index (κ3) is 4.90. The summed E-state index contributed by atoms with van der Waals surface area (Å²) >= 11 is 3.38. The lowest BCUT2D eigenvalue weighted by molar-refractivity contribution is -0.128. The summed E-state index contributed by atoms with van der Waals surface area (Å²) in [5.41, 5.74) is 0.767. The maximum absolute atomic E-state index is 12.8. The predicted molar refractivity (Wildman–Crippen MR) is 124 cm³/mol. The standard InChI is InChI=1S/C25H17BrO6/c1-29-17-9-6-16(7-10-17)8-13-24(27)31-18-11-12-19-22(14-18)30-15-23(25(19)28)32-21-5-3-2-4-20(21)26/h2-15H,1H3. The van der Waals surface area contributed by atoms with E-state index in [-0.39, 0.29) is 22.5 Å². The molecule has 0 spiro atoms. The largest absolute Gasteiger partial charge is 0.497 e. The minimum absolute atomic E-state index is 0.0524. The summed E-state index contributed by atoms with van der Waals surface area (Å²) in [7, 11) is 1.59. The van der Waals surface area contributed by atoms with Gasteiger partial charge in [0, 0.05) is 12.1 Å². The molecule has 32 heavy (non-hydrogen) atoms. The molecular formula is C25H17BrO6. The van der Waals surface area contributed by atoms with Crippen LogP contribution in [0.4, 0.5) is 0 Å². The normalized spacial score (nSPS) is 10.9. The van der Waals surface area contributed by atoms with E-state index in [1.165, 1.54) is 30.5 Å². The molecule has 160 valence electrons. The monoisotopic (exact) mass is 492 g/mol. The summed E-state index contributed by atoms with van der Waals surface area (Å²) < 4.78 is 22.4. The van der Waals surface area contributed by atoms with Gasteiger partial charge in [0.2, 0.25) is 11.2 Å². The summed E-state index contributed by atoms with van der Waals surface area (Å²) in [6.45, 7) is 0. The summed E-state index contributed by atoms with van der Waals surface area (Å²) in [5, 5.41) is 0.308. The fourth-order valence-corrected chi connectivity index (χ4v) is 3.27. The molecule has 4 aromatic rings. The van der Waals surface area contributed by atoms with Gasteiger partial charge in [0.1, 0.15) is 29.1 Å². The number of hydrogen-bond acceptors (Lipinski definition) is 6. The Balaban J connectivity index is 1.49. The van der Waals surface area contributed by atoms with Gasteiger partial charge in [-0.3, -0.25) is 4.79 Å². The van der Waals surface area contributed by atoms with Crippen LogP contribution in [0.1, 0.15) is 5.56 Å². The molecule has 7 heteroatoms. The van der Waals surface area contributed by atoms with Gasteiger partial charge in [0.15, 0.2) is 0 Å². The fourth-order valence-electron chi connectivity index (χ4n) is 2.90. The molecule has 0 atom stereocenters. The Bertz CT molecular complexity index is 1360. The number of esters is 1. The van der Waals surface area contributed by atoms with Crippen molar-refractivity contribution in [2.24, 2.45) is 0 Å². The van der Waals surface area contributed by atoms with E-state index in [1.54, 1.807) is 37.5 Å². The Hall–Kier alpha value is -3.84. The maximum atomic E-state index is 12.8. The number of para-hydroxylation sites is 1. The number of carbonyl (C=O) groups is 1. The van der Waals surface area contributed by atoms with Crippen LogP contribution in [-0.4, -0.2) is 13.1 Å². The lowest BCUT2D eigenvalue weighted by Gasteiger charge is -2.08. The first-order valence-electron chi connectivity index (χ1n) is 9.55. The predicted octanol–water partition coefficient (Wildman–Crippen LogP) is 5.98. The lowest BCUT2D eigenvalue weighted by atomic mass is 10.2. The quantitative estimate of drug-likeness (QED) is 0.187. The second-order valence-electron chi connectivity index (χ2n) is 6.65. The van der Waals surface area contributed by atoms with Crippen molar-refractivity contribution in [2.75, 3.05) is 7.11 Å². The van der Waals surface area contributed by atoms with Crippen LogP contribution in [0.15, 0.2) is 92.8 Å². The molecule has 0 radical (unpaired) electrons. The van der Waals surface area contributed by atoms with E-state index in [1.807, 2.05) is 24.3 Å². The van der Waals surface area contributed by atoms with E-state index in [4.69, 9.17) is 18.6 Å². The van der Waals surface area contributed by atoms with Crippen LogP contribution in [0.3, 0.4) is 0 Å². The molecule has 0 amide bonds. The molecule has 0 N–H and O–H groups in total. The van der Waals surface area contributed by atoms with E-state index in [9.17, 15) is 9.59 Å². The molecule has 1 aromatic heterocycles. The minimum Gasteiger partial charge on any atom is -0.497 e. The van der Waals surface area contributed by atoms with Gasteiger partial charge in [0.05, 0.1) is 17.0 Å². The van der Waals surface area contributed by atoms with Crippen molar-refractivity contribution in [1.82, 2.24) is 0 Å². The summed E-state index contributed by atoms with van der Waals surface area (Å²) in [6.07, 6.45) is 4.18. The van der Waals surface area contributed by atoms with Crippen molar-refractivity contribution in [3.63, 3.8) is 0 Å². The molecule has 0 saturated carbocycles. The van der Waals surface area contributed by atoms with Crippen molar-refractivity contribution in [2.45, 2.75) is 0 Å². The van der Waals surface area contributed by atoms with Crippen LogP contribution < -0.4 is 19.6 Å². The summed E-state index contributed by atoms with van der Waals surface area (Å²) in [5.74, 6) is 0.971. The molecular weight excluding hydrogens is 476 g/mol. The summed E-state index contributed by atoms with van der Waals surface area (Å²) in [6, 6.07) is 19.0. The van der Waals surface area contributed by atoms with Gasteiger partial charge in [-0.2, -0.15) is 0 Å². The second kappa shape index (κ2) is 9.53. The van der Waals surface area contributed by atoms with Crippen LogP contribution in [0, 0.1) is 0 Å². The van der Waals surface area contributed by atoms with Crippen LogP contribution in [0.25, 0.3) is 17.0 Å². The third-order valence-electron chi connectivity index (χ3n) is 4.52. The molecule has 0 unspecified atom stereocenters.